The van der Waals surface area contributed by atoms with Gasteiger partial charge in [-0.05, 0) is 50.1 Å². The standard InChI is InChI=1S/C24H27ClN4O3S2/c1-17-3-8-21(9-4-17)34(31,32)27-24-26-20(16-33-24)7-10-23(30)29-13-11-28(12-14-29)22-15-19(25)6-5-18(22)2/h3-6,8-9,15-16H,7,10-14H2,1-2H3,(H,26,27). The van der Waals surface area contributed by atoms with E-state index in [2.05, 4.69) is 21.5 Å². The third kappa shape index (κ3) is 5.89. The highest BCUT2D eigenvalue weighted by Crippen LogP contribution is 2.26. The predicted molar refractivity (Wildman–Crippen MR) is 137 cm³/mol. The van der Waals surface area contributed by atoms with Crippen molar-refractivity contribution in [1.29, 1.82) is 0 Å². The van der Waals surface area contributed by atoms with Gasteiger partial charge >= 0.3 is 0 Å². The van der Waals surface area contributed by atoms with Gasteiger partial charge in [0, 0.05) is 48.7 Å². The zero-order chi connectivity index (χ0) is 24.3. The van der Waals surface area contributed by atoms with Crippen LogP contribution in [0.15, 0.2) is 52.7 Å². The van der Waals surface area contributed by atoms with E-state index < -0.39 is 10.0 Å². The van der Waals surface area contributed by atoms with Crippen molar-refractivity contribution < 1.29 is 13.2 Å². The number of hydrogen-bond donors (Lipinski definition) is 1. The number of aryl methyl sites for hydroxylation is 3. The normalized spacial score (nSPS) is 14.3. The number of thiazole rings is 1. The summed E-state index contributed by atoms with van der Waals surface area (Å²) < 4.78 is 27.6. The van der Waals surface area contributed by atoms with Crippen molar-refractivity contribution in [2.45, 2.75) is 31.6 Å². The molecule has 1 aliphatic rings. The van der Waals surface area contributed by atoms with Gasteiger partial charge in [-0.15, -0.1) is 11.3 Å². The Balaban J connectivity index is 1.28. The van der Waals surface area contributed by atoms with E-state index in [-0.39, 0.29) is 10.8 Å². The van der Waals surface area contributed by atoms with Crippen LogP contribution in [0, 0.1) is 13.8 Å². The molecule has 4 rings (SSSR count). The lowest BCUT2D eigenvalue weighted by molar-refractivity contribution is -0.131. The minimum absolute atomic E-state index is 0.0808. The smallest absolute Gasteiger partial charge is 0.263 e. The monoisotopic (exact) mass is 518 g/mol. The molecule has 7 nitrogen and oxygen atoms in total. The summed E-state index contributed by atoms with van der Waals surface area (Å²) in [6.45, 7) is 6.79. The largest absolute Gasteiger partial charge is 0.368 e. The molecular weight excluding hydrogens is 492 g/mol. The number of sulfonamides is 1. The number of amides is 1. The fourth-order valence-electron chi connectivity index (χ4n) is 3.87. The average molecular weight is 519 g/mol. The molecule has 10 heteroatoms. The third-order valence-electron chi connectivity index (χ3n) is 5.84. The molecule has 1 saturated heterocycles. The Morgan fingerprint density at radius 2 is 1.79 bits per heavy atom. The maximum atomic E-state index is 12.7. The number of aromatic nitrogens is 1. The third-order valence-corrected chi connectivity index (χ3v) is 8.37. The van der Waals surface area contributed by atoms with Crippen molar-refractivity contribution in [3.8, 4) is 0 Å². The first-order chi connectivity index (χ1) is 16.2. The summed E-state index contributed by atoms with van der Waals surface area (Å²) in [7, 11) is -3.69. The number of carbonyl (C=O) groups is 1. The van der Waals surface area contributed by atoms with Gasteiger partial charge in [-0.3, -0.25) is 9.52 Å². The molecule has 1 N–H and O–H groups in total. The van der Waals surface area contributed by atoms with Crippen LogP contribution in [-0.2, 0) is 21.2 Å². The Labute approximate surface area is 209 Å². The van der Waals surface area contributed by atoms with Crippen molar-refractivity contribution >= 4 is 49.7 Å². The van der Waals surface area contributed by atoms with E-state index in [1.54, 1.807) is 29.6 Å². The molecule has 34 heavy (non-hydrogen) atoms. The minimum atomic E-state index is -3.69. The Bertz CT molecular complexity index is 1270. The van der Waals surface area contributed by atoms with Crippen molar-refractivity contribution in [3.05, 3.63) is 69.7 Å². The molecule has 2 heterocycles. The number of carbonyl (C=O) groups excluding carboxylic acids is 1. The number of halogens is 1. The molecule has 0 unspecified atom stereocenters. The Kier molecular flexibility index (Phi) is 7.45. The molecule has 0 spiro atoms. The first-order valence-corrected chi connectivity index (χ1v) is 13.8. The maximum Gasteiger partial charge on any atom is 0.263 e. The molecule has 0 radical (unpaired) electrons. The fourth-order valence-corrected chi connectivity index (χ4v) is 6.04. The molecule has 180 valence electrons. The number of rotatable bonds is 7. The Morgan fingerprint density at radius 3 is 2.50 bits per heavy atom. The van der Waals surface area contributed by atoms with Crippen LogP contribution in [0.5, 0.6) is 0 Å². The van der Waals surface area contributed by atoms with Crippen LogP contribution in [0.2, 0.25) is 5.02 Å². The highest BCUT2D eigenvalue weighted by atomic mass is 35.5. The van der Waals surface area contributed by atoms with Gasteiger partial charge in [0.25, 0.3) is 10.0 Å². The van der Waals surface area contributed by atoms with E-state index in [1.807, 2.05) is 30.0 Å². The van der Waals surface area contributed by atoms with Gasteiger partial charge in [0.1, 0.15) is 0 Å². The molecule has 0 bridgehead atoms. The Hall–Kier alpha value is -2.62. The highest BCUT2D eigenvalue weighted by Gasteiger charge is 2.22. The number of nitrogens with zero attached hydrogens (tertiary/aromatic N) is 3. The number of anilines is 2. The van der Waals surface area contributed by atoms with Gasteiger partial charge in [0.2, 0.25) is 5.91 Å². The van der Waals surface area contributed by atoms with Gasteiger partial charge in [0.15, 0.2) is 5.13 Å². The molecule has 3 aromatic rings. The molecule has 1 aliphatic heterocycles. The second-order valence-electron chi connectivity index (χ2n) is 8.36. The lowest BCUT2D eigenvalue weighted by Crippen LogP contribution is -2.49. The number of benzene rings is 2. The topological polar surface area (TPSA) is 82.6 Å². The number of hydrogen-bond acceptors (Lipinski definition) is 6. The van der Waals surface area contributed by atoms with Crippen LogP contribution in [-0.4, -0.2) is 50.4 Å². The second-order valence-corrected chi connectivity index (χ2v) is 11.3. The zero-order valence-electron chi connectivity index (χ0n) is 19.1. The fraction of sp³-hybridized carbons (Fsp3) is 0.333. The van der Waals surface area contributed by atoms with Crippen LogP contribution in [0.25, 0.3) is 0 Å². The second kappa shape index (κ2) is 10.3. The molecule has 0 saturated carbocycles. The molecular formula is C24H27ClN4O3S2. The first kappa shape index (κ1) is 24.5. The summed E-state index contributed by atoms with van der Waals surface area (Å²) in [6, 6.07) is 12.5. The van der Waals surface area contributed by atoms with Crippen LogP contribution < -0.4 is 9.62 Å². The van der Waals surface area contributed by atoms with Crippen molar-refractivity contribution in [3.63, 3.8) is 0 Å². The van der Waals surface area contributed by atoms with Crippen LogP contribution >= 0.6 is 22.9 Å². The van der Waals surface area contributed by atoms with E-state index >= 15 is 0 Å². The lowest BCUT2D eigenvalue weighted by Gasteiger charge is -2.37. The molecule has 1 fully saturated rings. The maximum absolute atomic E-state index is 12.7. The van der Waals surface area contributed by atoms with Crippen molar-refractivity contribution in [1.82, 2.24) is 9.88 Å². The highest BCUT2D eigenvalue weighted by molar-refractivity contribution is 7.93. The molecule has 2 aromatic carbocycles. The lowest BCUT2D eigenvalue weighted by atomic mass is 10.1. The summed E-state index contributed by atoms with van der Waals surface area (Å²) in [5.41, 5.74) is 3.97. The van der Waals surface area contributed by atoms with Crippen molar-refractivity contribution in [2.24, 2.45) is 0 Å². The summed E-state index contributed by atoms with van der Waals surface area (Å²) in [6.07, 6.45) is 0.805. The van der Waals surface area contributed by atoms with Gasteiger partial charge in [0.05, 0.1) is 10.6 Å². The van der Waals surface area contributed by atoms with E-state index in [9.17, 15) is 13.2 Å². The quantitative estimate of drug-likeness (QED) is 0.498. The Morgan fingerprint density at radius 1 is 1.09 bits per heavy atom. The van der Waals surface area contributed by atoms with Crippen LogP contribution in [0.1, 0.15) is 23.2 Å². The average Bonchev–Trinajstić information content (AvgIpc) is 3.26. The summed E-state index contributed by atoms with van der Waals surface area (Å²) in [5, 5.41) is 2.80. The van der Waals surface area contributed by atoms with Gasteiger partial charge in [-0.25, -0.2) is 13.4 Å². The van der Waals surface area contributed by atoms with Gasteiger partial charge in [-0.1, -0.05) is 35.4 Å². The summed E-state index contributed by atoms with van der Waals surface area (Å²) in [4.78, 5) is 21.4. The molecule has 1 aromatic heterocycles. The van der Waals surface area contributed by atoms with Gasteiger partial charge in [-0.2, -0.15) is 0 Å². The van der Waals surface area contributed by atoms with Crippen LogP contribution in [0.4, 0.5) is 10.8 Å². The summed E-state index contributed by atoms with van der Waals surface area (Å²) >= 11 is 7.37. The molecule has 0 aliphatic carbocycles. The SMILES string of the molecule is Cc1ccc(S(=O)(=O)Nc2nc(CCC(=O)N3CCN(c4cc(Cl)ccc4C)CC3)cs2)cc1. The van der Waals surface area contributed by atoms with E-state index in [0.717, 1.165) is 24.3 Å². The predicted octanol–water partition coefficient (Wildman–Crippen LogP) is 4.50. The van der Waals surface area contributed by atoms with E-state index in [1.165, 1.54) is 16.9 Å². The van der Waals surface area contributed by atoms with E-state index in [4.69, 9.17) is 11.6 Å². The zero-order valence-corrected chi connectivity index (χ0v) is 21.5. The van der Waals surface area contributed by atoms with Gasteiger partial charge < -0.3 is 9.80 Å². The minimum Gasteiger partial charge on any atom is -0.368 e. The first-order valence-electron chi connectivity index (χ1n) is 11.0. The number of piperazine rings is 1. The molecule has 1 amide bonds. The summed E-state index contributed by atoms with van der Waals surface area (Å²) in [5.74, 6) is 0.0808. The van der Waals surface area contributed by atoms with Crippen LogP contribution in [0.3, 0.4) is 0 Å². The molecule has 0 atom stereocenters. The van der Waals surface area contributed by atoms with Crippen molar-refractivity contribution in [2.75, 3.05) is 35.8 Å². The number of nitrogens with one attached hydrogen (secondary N) is 1. The van der Waals surface area contributed by atoms with E-state index in [0.29, 0.717) is 41.8 Å².